The highest BCUT2D eigenvalue weighted by Crippen LogP contribution is 2.32. The van der Waals surface area contributed by atoms with Crippen LogP contribution in [0.1, 0.15) is 24.4 Å². The minimum absolute atomic E-state index is 0.000368. The zero-order chi connectivity index (χ0) is 17.1. The summed E-state index contributed by atoms with van der Waals surface area (Å²) in [4.78, 5) is 14.3. The number of benzene rings is 2. The van der Waals surface area contributed by atoms with Crippen molar-refractivity contribution < 1.29 is 13.6 Å². The highest BCUT2D eigenvalue weighted by molar-refractivity contribution is 9.10. The van der Waals surface area contributed by atoms with Crippen LogP contribution in [-0.2, 0) is 4.79 Å². The molecule has 0 aliphatic carbocycles. The Morgan fingerprint density at radius 1 is 1.25 bits per heavy atom. The Hall–Kier alpha value is -1.79. The standard InChI is InChI=1S/C18H17BrF2N2O/c19-13-4-1-3-12(9-13)17-5-2-8-23(17)11-18(24)22-16-7-6-14(20)10-15(16)21/h1,3-4,6-7,9-10,17H,2,5,8,11H2,(H,22,24). The lowest BCUT2D eigenvalue weighted by molar-refractivity contribution is -0.117. The van der Waals surface area contributed by atoms with Gasteiger partial charge in [-0.15, -0.1) is 0 Å². The van der Waals surface area contributed by atoms with Gasteiger partial charge in [0, 0.05) is 16.6 Å². The molecule has 1 fully saturated rings. The van der Waals surface area contributed by atoms with Crippen LogP contribution in [0.25, 0.3) is 0 Å². The van der Waals surface area contributed by atoms with E-state index in [2.05, 4.69) is 32.2 Å². The number of carbonyl (C=O) groups excluding carboxylic acids is 1. The van der Waals surface area contributed by atoms with Gasteiger partial charge in [-0.3, -0.25) is 9.69 Å². The molecule has 1 amide bonds. The molecule has 1 N–H and O–H groups in total. The lowest BCUT2D eigenvalue weighted by atomic mass is 10.0. The summed E-state index contributed by atoms with van der Waals surface area (Å²) < 4.78 is 27.6. The number of amides is 1. The molecule has 0 aromatic heterocycles. The molecule has 6 heteroatoms. The van der Waals surface area contributed by atoms with Gasteiger partial charge in [-0.2, -0.15) is 0 Å². The molecule has 1 aliphatic rings. The predicted molar refractivity (Wildman–Crippen MR) is 92.7 cm³/mol. The van der Waals surface area contributed by atoms with Gasteiger partial charge in [0.2, 0.25) is 5.91 Å². The van der Waals surface area contributed by atoms with Crippen LogP contribution >= 0.6 is 15.9 Å². The Bertz CT molecular complexity index is 754. The van der Waals surface area contributed by atoms with E-state index in [0.29, 0.717) is 0 Å². The van der Waals surface area contributed by atoms with E-state index >= 15 is 0 Å². The molecular weight excluding hydrogens is 378 g/mol. The first kappa shape index (κ1) is 17.0. The molecule has 0 radical (unpaired) electrons. The lowest BCUT2D eigenvalue weighted by Crippen LogP contribution is -2.33. The van der Waals surface area contributed by atoms with Crippen molar-refractivity contribution in [3.63, 3.8) is 0 Å². The number of nitrogens with one attached hydrogen (secondary N) is 1. The van der Waals surface area contributed by atoms with Gasteiger partial charge >= 0.3 is 0 Å². The van der Waals surface area contributed by atoms with Crippen molar-refractivity contribution in [2.45, 2.75) is 18.9 Å². The Labute approximate surface area is 147 Å². The second-order valence-corrected chi connectivity index (χ2v) is 6.77. The van der Waals surface area contributed by atoms with Gasteiger partial charge in [-0.1, -0.05) is 28.1 Å². The van der Waals surface area contributed by atoms with Gasteiger partial charge in [0.25, 0.3) is 0 Å². The third-order valence-corrected chi connectivity index (χ3v) is 4.64. The van der Waals surface area contributed by atoms with Crippen LogP contribution in [0.2, 0.25) is 0 Å². The van der Waals surface area contributed by atoms with Crippen LogP contribution in [0.4, 0.5) is 14.5 Å². The number of halogens is 3. The molecule has 0 saturated carbocycles. The van der Waals surface area contributed by atoms with Gasteiger partial charge in [-0.05, 0) is 49.2 Å². The zero-order valence-electron chi connectivity index (χ0n) is 12.9. The van der Waals surface area contributed by atoms with Crippen molar-refractivity contribution in [3.8, 4) is 0 Å². The second-order valence-electron chi connectivity index (χ2n) is 5.86. The maximum atomic E-state index is 13.6. The number of carbonyl (C=O) groups is 1. The number of nitrogens with zero attached hydrogens (tertiary/aromatic N) is 1. The van der Waals surface area contributed by atoms with Crippen LogP contribution in [0.5, 0.6) is 0 Å². The first-order valence-corrected chi connectivity index (χ1v) is 8.56. The van der Waals surface area contributed by atoms with Gasteiger partial charge < -0.3 is 5.32 Å². The maximum absolute atomic E-state index is 13.6. The summed E-state index contributed by atoms with van der Waals surface area (Å²) in [5.41, 5.74) is 1.15. The van der Waals surface area contributed by atoms with Crippen molar-refractivity contribution in [1.29, 1.82) is 0 Å². The van der Waals surface area contributed by atoms with Crippen molar-refractivity contribution in [2.24, 2.45) is 0 Å². The van der Waals surface area contributed by atoms with Gasteiger partial charge in [0.15, 0.2) is 0 Å². The number of likely N-dealkylation sites (tertiary alicyclic amines) is 1. The van der Waals surface area contributed by atoms with Crippen LogP contribution < -0.4 is 5.32 Å². The molecule has 1 unspecified atom stereocenters. The summed E-state index contributed by atoms with van der Waals surface area (Å²) in [6, 6.07) is 11.3. The molecule has 126 valence electrons. The van der Waals surface area contributed by atoms with Gasteiger partial charge in [0.05, 0.1) is 12.2 Å². The molecule has 1 atom stereocenters. The molecule has 2 aromatic carbocycles. The number of hydrogen-bond donors (Lipinski definition) is 1. The average Bonchev–Trinajstić information content (AvgIpc) is 2.98. The highest BCUT2D eigenvalue weighted by Gasteiger charge is 2.27. The first-order chi connectivity index (χ1) is 11.5. The van der Waals surface area contributed by atoms with Gasteiger partial charge in [-0.25, -0.2) is 8.78 Å². The largest absolute Gasteiger partial charge is 0.322 e. The van der Waals surface area contributed by atoms with E-state index in [9.17, 15) is 13.6 Å². The number of rotatable bonds is 4. The number of hydrogen-bond acceptors (Lipinski definition) is 2. The van der Waals surface area contributed by atoms with Crippen LogP contribution in [0.3, 0.4) is 0 Å². The van der Waals surface area contributed by atoms with Crippen molar-refractivity contribution in [2.75, 3.05) is 18.4 Å². The molecule has 3 nitrogen and oxygen atoms in total. The fourth-order valence-electron chi connectivity index (χ4n) is 3.07. The predicted octanol–water partition coefficient (Wildman–Crippen LogP) is 4.50. The normalized spacial score (nSPS) is 17.9. The Morgan fingerprint density at radius 3 is 2.83 bits per heavy atom. The van der Waals surface area contributed by atoms with E-state index in [4.69, 9.17) is 0 Å². The molecule has 1 aliphatic heterocycles. The fourth-order valence-corrected chi connectivity index (χ4v) is 3.49. The van der Waals surface area contributed by atoms with Crippen molar-refractivity contribution in [1.82, 2.24) is 4.90 Å². The Kier molecular flexibility index (Phi) is 5.26. The summed E-state index contributed by atoms with van der Waals surface area (Å²) in [6.07, 6.45) is 1.99. The summed E-state index contributed by atoms with van der Waals surface area (Å²) in [7, 11) is 0. The third kappa shape index (κ3) is 3.99. The van der Waals surface area contributed by atoms with E-state index in [0.717, 1.165) is 41.6 Å². The minimum Gasteiger partial charge on any atom is -0.322 e. The van der Waals surface area contributed by atoms with E-state index < -0.39 is 11.6 Å². The van der Waals surface area contributed by atoms with E-state index in [1.807, 2.05) is 18.2 Å². The third-order valence-electron chi connectivity index (χ3n) is 4.15. The lowest BCUT2D eigenvalue weighted by Gasteiger charge is -2.24. The van der Waals surface area contributed by atoms with Crippen LogP contribution in [-0.4, -0.2) is 23.9 Å². The molecule has 0 bridgehead atoms. The summed E-state index contributed by atoms with van der Waals surface area (Å²) in [5.74, 6) is -1.74. The molecule has 1 saturated heterocycles. The van der Waals surface area contributed by atoms with E-state index in [1.54, 1.807) is 0 Å². The summed E-state index contributed by atoms with van der Waals surface area (Å²) in [6.45, 7) is 0.991. The SMILES string of the molecule is O=C(CN1CCCC1c1cccc(Br)c1)Nc1ccc(F)cc1F. The molecule has 24 heavy (non-hydrogen) atoms. The highest BCUT2D eigenvalue weighted by atomic mass is 79.9. The second kappa shape index (κ2) is 7.40. The quantitative estimate of drug-likeness (QED) is 0.827. The fraction of sp³-hybridized carbons (Fsp3) is 0.278. The van der Waals surface area contributed by atoms with E-state index in [1.165, 1.54) is 6.07 Å². The number of anilines is 1. The van der Waals surface area contributed by atoms with Crippen molar-refractivity contribution in [3.05, 3.63) is 64.1 Å². The monoisotopic (exact) mass is 394 g/mol. The first-order valence-electron chi connectivity index (χ1n) is 7.77. The topological polar surface area (TPSA) is 32.3 Å². The van der Waals surface area contributed by atoms with Crippen molar-refractivity contribution >= 4 is 27.5 Å². The minimum atomic E-state index is -0.770. The van der Waals surface area contributed by atoms with Gasteiger partial charge in [0.1, 0.15) is 11.6 Å². The average molecular weight is 395 g/mol. The van der Waals surface area contributed by atoms with Crippen LogP contribution in [0.15, 0.2) is 46.9 Å². The Balaban J connectivity index is 1.67. The summed E-state index contributed by atoms with van der Waals surface area (Å²) in [5, 5.41) is 2.52. The Morgan fingerprint density at radius 2 is 2.08 bits per heavy atom. The molecule has 1 heterocycles. The molecule has 0 spiro atoms. The zero-order valence-corrected chi connectivity index (χ0v) is 14.5. The molecular formula is C18H17BrF2N2O. The van der Waals surface area contributed by atoms with Crippen LogP contribution in [0, 0.1) is 11.6 Å². The molecule has 3 rings (SSSR count). The van der Waals surface area contributed by atoms with E-state index in [-0.39, 0.29) is 24.2 Å². The smallest absolute Gasteiger partial charge is 0.238 e. The molecule has 2 aromatic rings. The summed E-state index contributed by atoms with van der Waals surface area (Å²) >= 11 is 3.47. The maximum Gasteiger partial charge on any atom is 0.238 e.